The van der Waals surface area contributed by atoms with E-state index in [2.05, 4.69) is 15.6 Å². The fourth-order valence-corrected chi connectivity index (χ4v) is 3.02. The van der Waals surface area contributed by atoms with E-state index in [4.69, 9.17) is 4.74 Å². The number of carbonyl (C=O) groups excluding carboxylic acids is 2. The molecule has 1 fully saturated rings. The van der Waals surface area contributed by atoms with Gasteiger partial charge in [0.2, 0.25) is 5.91 Å². The maximum atomic E-state index is 12.1. The lowest BCUT2D eigenvalue weighted by molar-refractivity contribution is -0.146. The Morgan fingerprint density at radius 2 is 1.96 bits per heavy atom. The van der Waals surface area contributed by atoms with E-state index in [9.17, 15) is 9.59 Å². The molecule has 1 amide bonds. The fraction of sp³-hybridized carbons (Fsp3) is 0.526. The zero-order valence-electron chi connectivity index (χ0n) is 15.7. The number of nitrogens with one attached hydrogen (secondary N) is 2. The molecule has 1 aromatic rings. The largest absolute Gasteiger partial charge is 0.469 e. The maximum Gasteiger partial charge on any atom is 0.310 e. The molecule has 7 nitrogen and oxygen atoms in total. The van der Waals surface area contributed by atoms with E-state index in [1.807, 2.05) is 49.1 Å². The van der Waals surface area contributed by atoms with E-state index in [1.54, 1.807) is 0 Å². The van der Waals surface area contributed by atoms with Gasteiger partial charge in [-0.1, -0.05) is 37.3 Å². The van der Waals surface area contributed by atoms with E-state index in [0.717, 1.165) is 5.56 Å². The number of benzene rings is 1. The minimum absolute atomic E-state index is 0.0446. The highest BCUT2D eigenvalue weighted by molar-refractivity contribution is 5.86. The van der Waals surface area contributed by atoms with Crippen LogP contribution in [0.25, 0.3) is 0 Å². The van der Waals surface area contributed by atoms with Crippen LogP contribution in [0.3, 0.4) is 0 Å². The van der Waals surface area contributed by atoms with Crippen molar-refractivity contribution in [1.29, 1.82) is 0 Å². The third-order valence-corrected chi connectivity index (χ3v) is 4.46. The monoisotopic (exact) mass is 360 g/mol. The number of rotatable bonds is 6. The molecule has 2 rings (SSSR count). The lowest BCUT2D eigenvalue weighted by atomic mass is 9.99. The molecule has 2 atom stereocenters. The number of nitrogens with zero attached hydrogens (tertiary/aromatic N) is 2. The van der Waals surface area contributed by atoms with Crippen molar-refractivity contribution in [3.8, 4) is 0 Å². The van der Waals surface area contributed by atoms with Gasteiger partial charge in [-0.3, -0.25) is 9.59 Å². The standard InChI is InChI=1S/C19H28N4O3/c1-4-20-19(23-12-14(2)16(13-23)18(25)26-3)22-11-17(24)21-10-15-8-6-5-7-9-15/h5-9,14,16H,4,10-13H2,1-3H3,(H,20,22)(H,21,24). The van der Waals surface area contributed by atoms with Crippen LogP contribution in [0.15, 0.2) is 35.3 Å². The second kappa shape index (κ2) is 9.79. The van der Waals surface area contributed by atoms with Crippen LogP contribution >= 0.6 is 0 Å². The van der Waals surface area contributed by atoms with Crippen molar-refractivity contribution in [3.63, 3.8) is 0 Å². The SMILES string of the molecule is CCNC(=NCC(=O)NCc1ccccc1)N1CC(C)C(C(=O)OC)C1. The molecule has 26 heavy (non-hydrogen) atoms. The van der Waals surface area contributed by atoms with Crippen LogP contribution in [0, 0.1) is 11.8 Å². The Labute approximate surface area is 154 Å². The van der Waals surface area contributed by atoms with Crippen LogP contribution < -0.4 is 10.6 Å². The fourth-order valence-electron chi connectivity index (χ4n) is 3.02. The summed E-state index contributed by atoms with van der Waals surface area (Å²) in [6, 6.07) is 9.75. The number of ether oxygens (including phenoxy) is 1. The summed E-state index contributed by atoms with van der Waals surface area (Å²) in [5, 5.41) is 6.06. The highest BCUT2D eigenvalue weighted by Crippen LogP contribution is 2.24. The van der Waals surface area contributed by atoms with Gasteiger partial charge in [0.1, 0.15) is 6.54 Å². The van der Waals surface area contributed by atoms with Gasteiger partial charge in [-0.2, -0.15) is 0 Å². The lowest BCUT2D eigenvalue weighted by Crippen LogP contribution is -2.41. The van der Waals surface area contributed by atoms with Crippen LogP contribution in [0.4, 0.5) is 0 Å². The molecule has 0 aliphatic carbocycles. The summed E-state index contributed by atoms with van der Waals surface area (Å²) in [7, 11) is 1.41. The molecule has 1 saturated heterocycles. The first-order chi connectivity index (χ1) is 12.5. The first kappa shape index (κ1) is 19.8. The summed E-state index contributed by atoms with van der Waals surface area (Å²) in [6.07, 6.45) is 0. The third-order valence-electron chi connectivity index (χ3n) is 4.46. The predicted octanol–water partition coefficient (Wildman–Crippen LogP) is 1.01. The Balaban J connectivity index is 1.91. The van der Waals surface area contributed by atoms with Crippen molar-refractivity contribution >= 4 is 17.8 Å². The molecule has 1 aliphatic rings. The Bertz CT molecular complexity index is 633. The minimum Gasteiger partial charge on any atom is -0.469 e. The number of hydrogen-bond donors (Lipinski definition) is 2. The van der Waals surface area contributed by atoms with Crippen molar-refractivity contribution in [2.24, 2.45) is 16.8 Å². The summed E-state index contributed by atoms with van der Waals surface area (Å²) in [4.78, 5) is 30.4. The zero-order valence-corrected chi connectivity index (χ0v) is 15.7. The van der Waals surface area contributed by atoms with Gasteiger partial charge in [0, 0.05) is 26.2 Å². The number of amides is 1. The minimum atomic E-state index is -0.198. The van der Waals surface area contributed by atoms with E-state index in [1.165, 1.54) is 7.11 Å². The van der Waals surface area contributed by atoms with E-state index in [0.29, 0.717) is 32.1 Å². The lowest BCUT2D eigenvalue weighted by Gasteiger charge is -2.21. The number of esters is 1. The number of carbonyl (C=O) groups is 2. The van der Waals surface area contributed by atoms with E-state index < -0.39 is 0 Å². The van der Waals surface area contributed by atoms with Crippen molar-refractivity contribution in [2.45, 2.75) is 20.4 Å². The normalized spacial score (nSPS) is 20.0. The second-order valence-corrected chi connectivity index (χ2v) is 6.44. The smallest absolute Gasteiger partial charge is 0.310 e. The van der Waals surface area contributed by atoms with Crippen LogP contribution in [0.1, 0.15) is 19.4 Å². The van der Waals surface area contributed by atoms with E-state index >= 15 is 0 Å². The van der Waals surface area contributed by atoms with Gasteiger partial charge < -0.3 is 20.3 Å². The highest BCUT2D eigenvalue weighted by Gasteiger charge is 2.36. The summed E-state index contributed by atoms with van der Waals surface area (Å²) in [5.74, 6) is 0.326. The number of hydrogen-bond acceptors (Lipinski definition) is 4. The van der Waals surface area contributed by atoms with Crippen LogP contribution in [0.5, 0.6) is 0 Å². The van der Waals surface area contributed by atoms with Gasteiger partial charge in [-0.15, -0.1) is 0 Å². The van der Waals surface area contributed by atoms with Gasteiger partial charge in [0.15, 0.2) is 5.96 Å². The number of aliphatic imine (C=N–C) groups is 1. The molecule has 0 saturated carbocycles. The summed E-state index contributed by atoms with van der Waals surface area (Å²) < 4.78 is 4.87. The maximum absolute atomic E-state index is 12.1. The van der Waals surface area contributed by atoms with Crippen LogP contribution in [0.2, 0.25) is 0 Å². The molecule has 2 unspecified atom stereocenters. The molecule has 0 radical (unpaired) electrons. The number of methoxy groups -OCH3 is 1. The van der Waals surface area contributed by atoms with Crippen molar-refractivity contribution in [1.82, 2.24) is 15.5 Å². The van der Waals surface area contributed by atoms with Gasteiger partial charge >= 0.3 is 5.97 Å². The Morgan fingerprint density at radius 3 is 2.62 bits per heavy atom. The topological polar surface area (TPSA) is 83.0 Å². The number of guanidine groups is 1. The number of likely N-dealkylation sites (tertiary alicyclic amines) is 1. The molecule has 1 aromatic carbocycles. The molecule has 0 spiro atoms. The van der Waals surface area contributed by atoms with Gasteiger partial charge in [-0.25, -0.2) is 4.99 Å². The molecule has 1 heterocycles. The second-order valence-electron chi connectivity index (χ2n) is 6.44. The molecule has 1 aliphatic heterocycles. The third kappa shape index (κ3) is 5.47. The Morgan fingerprint density at radius 1 is 1.23 bits per heavy atom. The predicted molar refractivity (Wildman–Crippen MR) is 101 cm³/mol. The molecular weight excluding hydrogens is 332 g/mol. The molecule has 7 heteroatoms. The highest BCUT2D eigenvalue weighted by atomic mass is 16.5. The molecule has 0 aromatic heterocycles. The van der Waals surface area contributed by atoms with Gasteiger partial charge in [0.25, 0.3) is 0 Å². The van der Waals surface area contributed by atoms with Crippen molar-refractivity contribution in [2.75, 3.05) is 33.3 Å². The molecule has 142 valence electrons. The molecular formula is C19H28N4O3. The average molecular weight is 360 g/mol. The van der Waals surface area contributed by atoms with E-state index in [-0.39, 0.29) is 30.3 Å². The van der Waals surface area contributed by atoms with Gasteiger partial charge in [-0.05, 0) is 18.4 Å². The average Bonchev–Trinajstić information content (AvgIpc) is 3.05. The summed E-state index contributed by atoms with van der Waals surface area (Å²) >= 11 is 0. The van der Waals surface area contributed by atoms with Gasteiger partial charge in [0.05, 0.1) is 13.0 Å². The summed E-state index contributed by atoms with van der Waals surface area (Å²) in [6.45, 7) is 6.47. The van der Waals surface area contributed by atoms with Crippen LogP contribution in [-0.4, -0.2) is 56.0 Å². The molecule has 0 bridgehead atoms. The Hall–Kier alpha value is -2.57. The van der Waals surface area contributed by atoms with Crippen molar-refractivity contribution in [3.05, 3.63) is 35.9 Å². The Kier molecular flexibility index (Phi) is 7.44. The summed E-state index contributed by atoms with van der Waals surface area (Å²) in [5.41, 5.74) is 1.05. The first-order valence-electron chi connectivity index (χ1n) is 8.96. The quantitative estimate of drug-likeness (QED) is 0.449. The van der Waals surface area contributed by atoms with Crippen LogP contribution in [-0.2, 0) is 20.9 Å². The molecule has 2 N–H and O–H groups in total. The zero-order chi connectivity index (χ0) is 18.9. The van der Waals surface area contributed by atoms with Crippen molar-refractivity contribution < 1.29 is 14.3 Å². The first-order valence-corrected chi connectivity index (χ1v) is 8.96.